The molecule has 0 atom stereocenters. The highest BCUT2D eigenvalue weighted by Crippen LogP contribution is 2.37. The Morgan fingerprint density at radius 1 is 1.45 bits per heavy atom. The number of hydrogen-bond donors (Lipinski definition) is 1. The summed E-state index contributed by atoms with van der Waals surface area (Å²) in [6, 6.07) is 1.51. The molecular weight excluding hydrogens is 320 g/mol. The fourth-order valence-corrected chi connectivity index (χ4v) is 2.60. The highest BCUT2D eigenvalue weighted by Gasteiger charge is 2.26. The molecule has 20 heavy (non-hydrogen) atoms. The van der Waals surface area contributed by atoms with Gasteiger partial charge in [-0.15, -0.1) is 0 Å². The van der Waals surface area contributed by atoms with E-state index in [1.54, 1.807) is 4.68 Å². The van der Waals surface area contributed by atoms with Crippen LogP contribution in [0.1, 0.15) is 41.7 Å². The van der Waals surface area contributed by atoms with Crippen LogP contribution in [0.4, 0.5) is 0 Å². The van der Waals surface area contributed by atoms with Crippen LogP contribution in [-0.4, -0.2) is 19.7 Å². The number of aryl methyl sites for hydroxylation is 2. The third-order valence-electron chi connectivity index (χ3n) is 3.35. The quantitative estimate of drug-likeness (QED) is 0.938. The van der Waals surface area contributed by atoms with Crippen molar-refractivity contribution in [2.75, 3.05) is 0 Å². The van der Waals surface area contributed by atoms with E-state index < -0.39 is 0 Å². The Balaban J connectivity index is 1.94. The summed E-state index contributed by atoms with van der Waals surface area (Å²) in [7, 11) is 1.89. The average molecular weight is 335 g/mol. The van der Waals surface area contributed by atoms with Gasteiger partial charge in [-0.1, -0.05) is 0 Å². The predicted octanol–water partition coefficient (Wildman–Crippen LogP) is 2.62. The molecule has 2 aromatic rings. The van der Waals surface area contributed by atoms with E-state index >= 15 is 0 Å². The van der Waals surface area contributed by atoms with Crippen LogP contribution >= 0.6 is 15.9 Å². The zero-order valence-corrected chi connectivity index (χ0v) is 12.9. The van der Waals surface area contributed by atoms with Gasteiger partial charge in [0.2, 0.25) is 0 Å². The number of aromatic amines is 1. The Morgan fingerprint density at radius 3 is 2.80 bits per heavy atom. The van der Waals surface area contributed by atoms with E-state index in [-0.39, 0.29) is 5.56 Å². The van der Waals surface area contributed by atoms with Gasteiger partial charge in [0.1, 0.15) is 5.82 Å². The molecule has 6 heteroatoms. The fourth-order valence-electron chi connectivity index (χ4n) is 2.13. The van der Waals surface area contributed by atoms with Crippen LogP contribution in [0.15, 0.2) is 15.3 Å². The number of aromatic nitrogens is 4. The lowest BCUT2D eigenvalue weighted by Crippen LogP contribution is -2.10. The van der Waals surface area contributed by atoms with Crippen molar-refractivity contribution >= 4 is 28.1 Å². The summed E-state index contributed by atoms with van der Waals surface area (Å²) in [6.07, 6.45) is 6.00. The van der Waals surface area contributed by atoms with Crippen molar-refractivity contribution in [3.63, 3.8) is 0 Å². The molecule has 0 aliphatic heterocycles. The SMILES string of the molecule is Cc1nn(C)c(C=Cc2cc(=O)[nH]c(C3CC3)n2)c1Br. The molecule has 3 rings (SSSR count). The van der Waals surface area contributed by atoms with E-state index in [1.165, 1.54) is 6.07 Å². The summed E-state index contributed by atoms with van der Waals surface area (Å²) >= 11 is 3.51. The van der Waals surface area contributed by atoms with Gasteiger partial charge in [-0.25, -0.2) is 4.98 Å². The fraction of sp³-hybridized carbons (Fsp3) is 0.357. The molecule has 5 nitrogen and oxygen atoms in total. The monoisotopic (exact) mass is 334 g/mol. The second-order valence-electron chi connectivity index (χ2n) is 5.07. The van der Waals surface area contributed by atoms with Crippen molar-refractivity contribution in [2.24, 2.45) is 7.05 Å². The lowest BCUT2D eigenvalue weighted by molar-refractivity contribution is 0.749. The van der Waals surface area contributed by atoms with Crippen LogP contribution < -0.4 is 5.56 Å². The first kappa shape index (κ1) is 13.3. The minimum absolute atomic E-state index is 0.0956. The van der Waals surface area contributed by atoms with Gasteiger partial charge >= 0.3 is 0 Å². The first-order valence-electron chi connectivity index (χ1n) is 6.53. The normalized spacial score (nSPS) is 15.2. The Bertz CT molecular complexity index is 740. The number of rotatable bonds is 3. The molecule has 0 bridgehead atoms. The van der Waals surface area contributed by atoms with Crippen LogP contribution in [0.2, 0.25) is 0 Å². The van der Waals surface area contributed by atoms with Crippen molar-refractivity contribution in [3.05, 3.63) is 43.8 Å². The molecule has 0 radical (unpaired) electrons. The third kappa shape index (κ3) is 2.60. The lowest BCUT2D eigenvalue weighted by Gasteiger charge is -1.99. The van der Waals surface area contributed by atoms with E-state index in [4.69, 9.17) is 0 Å². The largest absolute Gasteiger partial charge is 0.310 e. The Morgan fingerprint density at radius 2 is 2.20 bits per heavy atom. The van der Waals surface area contributed by atoms with Gasteiger partial charge in [-0.2, -0.15) is 5.10 Å². The Kier molecular flexibility index (Phi) is 3.33. The van der Waals surface area contributed by atoms with Gasteiger partial charge in [0.15, 0.2) is 0 Å². The van der Waals surface area contributed by atoms with E-state index in [2.05, 4.69) is 31.0 Å². The third-order valence-corrected chi connectivity index (χ3v) is 4.33. The van der Waals surface area contributed by atoms with Gasteiger partial charge in [-0.05, 0) is 47.8 Å². The summed E-state index contributed by atoms with van der Waals surface area (Å²) < 4.78 is 2.76. The molecule has 0 amide bonds. The second kappa shape index (κ2) is 5.01. The van der Waals surface area contributed by atoms with Gasteiger partial charge in [0.25, 0.3) is 5.56 Å². The van der Waals surface area contributed by atoms with E-state index in [0.717, 1.165) is 34.5 Å². The van der Waals surface area contributed by atoms with Gasteiger partial charge in [0, 0.05) is 19.0 Å². The van der Waals surface area contributed by atoms with E-state index in [9.17, 15) is 4.79 Å². The molecule has 0 spiro atoms. The van der Waals surface area contributed by atoms with Crippen LogP contribution in [0, 0.1) is 6.92 Å². The molecule has 2 heterocycles. The Hall–Kier alpha value is -1.69. The van der Waals surface area contributed by atoms with Crippen LogP contribution in [0.5, 0.6) is 0 Å². The number of nitrogens with one attached hydrogen (secondary N) is 1. The van der Waals surface area contributed by atoms with E-state index in [0.29, 0.717) is 11.6 Å². The molecule has 2 aromatic heterocycles. The number of nitrogens with zero attached hydrogens (tertiary/aromatic N) is 3. The molecule has 0 unspecified atom stereocenters. The maximum Gasteiger partial charge on any atom is 0.251 e. The number of hydrogen-bond acceptors (Lipinski definition) is 3. The van der Waals surface area contributed by atoms with Crippen molar-refractivity contribution in [3.8, 4) is 0 Å². The van der Waals surface area contributed by atoms with Crippen molar-refractivity contribution < 1.29 is 0 Å². The number of halogens is 1. The summed E-state index contributed by atoms with van der Waals surface area (Å²) in [4.78, 5) is 18.9. The topological polar surface area (TPSA) is 63.6 Å². The zero-order chi connectivity index (χ0) is 14.3. The van der Waals surface area contributed by atoms with Crippen LogP contribution in [0.3, 0.4) is 0 Å². The predicted molar refractivity (Wildman–Crippen MR) is 81.4 cm³/mol. The summed E-state index contributed by atoms with van der Waals surface area (Å²) in [5.41, 5.74) is 2.48. The smallest absolute Gasteiger partial charge is 0.251 e. The highest BCUT2D eigenvalue weighted by atomic mass is 79.9. The standard InChI is InChI=1S/C14H15BrN4O/c1-8-13(15)11(19(2)18-8)6-5-10-7-12(20)17-14(16-10)9-3-4-9/h5-7,9H,3-4H2,1-2H3,(H,16,17,20). The summed E-state index contributed by atoms with van der Waals surface area (Å²) in [5, 5.41) is 4.33. The first-order chi connectivity index (χ1) is 9.54. The van der Waals surface area contributed by atoms with Crippen LogP contribution in [0.25, 0.3) is 12.2 Å². The van der Waals surface area contributed by atoms with E-state index in [1.807, 2.05) is 26.1 Å². The minimum Gasteiger partial charge on any atom is -0.310 e. The minimum atomic E-state index is -0.0956. The molecule has 0 aromatic carbocycles. The van der Waals surface area contributed by atoms with Gasteiger partial charge in [0.05, 0.1) is 21.6 Å². The first-order valence-corrected chi connectivity index (χ1v) is 7.32. The average Bonchev–Trinajstić information content (AvgIpc) is 3.18. The molecular formula is C14H15BrN4O. The molecule has 0 saturated heterocycles. The number of H-pyrrole nitrogens is 1. The summed E-state index contributed by atoms with van der Waals surface area (Å²) in [6.45, 7) is 1.94. The maximum atomic E-state index is 11.6. The molecule has 1 saturated carbocycles. The second-order valence-corrected chi connectivity index (χ2v) is 5.86. The lowest BCUT2D eigenvalue weighted by atomic mass is 10.3. The molecule has 1 aliphatic carbocycles. The van der Waals surface area contributed by atoms with Gasteiger partial charge in [-0.3, -0.25) is 9.48 Å². The molecule has 1 fully saturated rings. The zero-order valence-electron chi connectivity index (χ0n) is 11.4. The maximum absolute atomic E-state index is 11.6. The van der Waals surface area contributed by atoms with Crippen molar-refractivity contribution in [1.29, 1.82) is 0 Å². The van der Waals surface area contributed by atoms with Crippen LogP contribution in [-0.2, 0) is 7.05 Å². The van der Waals surface area contributed by atoms with Crippen molar-refractivity contribution in [1.82, 2.24) is 19.7 Å². The Labute approximate surface area is 124 Å². The van der Waals surface area contributed by atoms with Crippen molar-refractivity contribution in [2.45, 2.75) is 25.7 Å². The summed E-state index contributed by atoms with van der Waals surface area (Å²) in [5.74, 6) is 1.24. The van der Waals surface area contributed by atoms with Gasteiger partial charge < -0.3 is 4.98 Å². The molecule has 1 aliphatic rings. The highest BCUT2D eigenvalue weighted by molar-refractivity contribution is 9.10. The molecule has 1 N–H and O–H groups in total. The molecule has 104 valence electrons.